The molecule has 0 bridgehead atoms. The molecular formula is C17H16N4O2S. The van der Waals surface area contributed by atoms with Crippen LogP contribution >= 0.6 is 11.3 Å². The highest BCUT2D eigenvalue weighted by Crippen LogP contribution is 2.09. The standard InChI is InChI=1S/C17H16N4O2S/c1-12-14(11-18-19-16(22)15-9-6-10-24-15)17(23)21(20(12)2)13-7-4-3-5-8-13/h3-11H,1-2H3,(H,19,22). The maximum absolute atomic E-state index is 12.7. The lowest BCUT2D eigenvalue weighted by Crippen LogP contribution is -2.21. The molecule has 1 N–H and O–H groups in total. The van der Waals surface area contributed by atoms with Gasteiger partial charge in [-0.2, -0.15) is 5.10 Å². The fourth-order valence-corrected chi connectivity index (χ4v) is 2.97. The molecule has 0 aliphatic rings. The molecule has 0 unspecified atom stereocenters. The lowest BCUT2D eigenvalue weighted by Gasteiger charge is -2.07. The van der Waals surface area contributed by atoms with Crippen molar-refractivity contribution in [3.63, 3.8) is 0 Å². The van der Waals surface area contributed by atoms with Crippen LogP contribution in [-0.4, -0.2) is 21.5 Å². The number of hydrogen-bond donors (Lipinski definition) is 1. The number of thiophene rings is 1. The number of aromatic nitrogens is 2. The number of hydrazone groups is 1. The smallest absolute Gasteiger partial charge is 0.281 e. The highest BCUT2D eigenvalue weighted by atomic mass is 32.1. The summed E-state index contributed by atoms with van der Waals surface area (Å²) in [6.45, 7) is 1.84. The summed E-state index contributed by atoms with van der Waals surface area (Å²) < 4.78 is 3.33. The van der Waals surface area contributed by atoms with E-state index in [1.807, 2.05) is 49.7 Å². The van der Waals surface area contributed by atoms with Crippen molar-refractivity contribution in [3.05, 3.63) is 74.3 Å². The van der Waals surface area contributed by atoms with E-state index in [1.54, 1.807) is 21.5 Å². The molecule has 0 aliphatic heterocycles. The Morgan fingerprint density at radius 1 is 1.21 bits per heavy atom. The van der Waals surface area contributed by atoms with E-state index in [-0.39, 0.29) is 11.5 Å². The third kappa shape index (κ3) is 2.93. The largest absolute Gasteiger partial charge is 0.285 e. The molecule has 7 heteroatoms. The Kier molecular flexibility index (Phi) is 4.43. The van der Waals surface area contributed by atoms with Crippen LogP contribution in [0.15, 0.2) is 57.7 Å². The van der Waals surface area contributed by atoms with E-state index < -0.39 is 0 Å². The van der Waals surface area contributed by atoms with E-state index in [4.69, 9.17) is 0 Å². The minimum absolute atomic E-state index is 0.185. The fraction of sp³-hybridized carbons (Fsp3) is 0.118. The van der Waals surface area contributed by atoms with Gasteiger partial charge in [-0.25, -0.2) is 10.1 Å². The van der Waals surface area contributed by atoms with E-state index in [0.29, 0.717) is 10.4 Å². The monoisotopic (exact) mass is 340 g/mol. The summed E-state index contributed by atoms with van der Waals surface area (Å²) in [6, 6.07) is 12.9. The van der Waals surface area contributed by atoms with E-state index in [1.165, 1.54) is 17.6 Å². The van der Waals surface area contributed by atoms with E-state index in [0.717, 1.165) is 11.4 Å². The first-order valence-corrected chi connectivity index (χ1v) is 8.18. The Hall–Kier alpha value is -2.93. The molecule has 2 heterocycles. The first kappa shape index (κ1) is 15.9. The van der Waals surface area contributed by atoms with Gasteiger partial charge in [-0.3, -0.25) is 14.3 Å². The second-order valence-corrected chi connectivity index (χ2v) is 6.10. The molecule has 0 aliphatic carbocycles. The van der Waals surface area contributed by atoms with Crippen LogP contribution in [0.5, 0.6) is 0 Å². The summed E-state index contributed by atoms with van der Waals surface area (Å²) in [4.78, 5) is 25.1. The molecule has 2 aromatic heterocycles. The third-order valence-corrected chi connectivity index (χ3v) is 4.57. The van der Waals surface area contributed by atoms with Gasteiger partial charge in [0.05, 0.1) is 22.3 Å². The predicted molar refractivity (Wildman–Crippen MR) is 95.1 cm³/mol. The molecule has 0 saturated heterocycles. The van der Waals surface area contributed by atoms with Gasteiger partial charge in [0.1, 0.15) is 0 Å². The van der Waals surface area contributed by atoms with Gasteiger partial charge in [-0.05, 0) is 30.5 Å². The van der Waals surface area contributed by atoms with Crippen molar-refractivity contribution in [1.82, 2.24) is 14.8 Å². The van der Waals surface area contributed by atoms with Crippen molar-refractivity contribution in [2.75, 3.05) is 0 Å². The Labute approximate surface area is 142 Å². The Balaban J connectivity index is 1.88. The van der Waals surface area contributed by atoms with Crippen molar-refractivity contribution in [2.24, 2.45) is 12.1 Å². The number of para-hydroxylation sites is 1. The highest BCUT2D eigenvalue weighted by molar-refractivity contribution is 7.12. The number of carbonyl (C=O) groups excluding carboxylic acids is 1. The zero-order chi connectivity index (χ0) is 17.1. The summed E-state index contributed by atoms with van der Waals surface area (Å²) in [5.41, 5.74) is 4.23. The minimum atomic E-state index is -0.293. The fourth-order valence-electron chi connectivity index (χ4n) is 2.36. The molecule has 0 spiro atoms. The molecule has 6 nitrogen and oxygen atoms in total. The average Bonchev–Trinajstić information content (AvgIpc) is 3.19. The molecule has 0 atom stereocenters. The summed E-state index contributed by atoms with van der Waals surface area (Å²) in [6.07, 6.45) is 1.39. The van der Waals surface area contributed by atoms with Gasteiger partial charge < -0.3 is 0 Å². The van der Waals surface area contributed by atoms with Gasteiger partial charge in [0, 0.05) is 12.7 Å². The second-order valence-electron chi connectivity index (χ2n) is 5.15. The quantitative estimate of drug-likeness (QED) is 0.585. The Bertz CT molecular complexity index is 937. The lowest BCUT2D eigenvalue weighted by atomic mass is 10.3. The topological polar surface area (TPSA) is 68.4 Å². The average molecular weight is 340 g/mol. The van der Waals surface area contributed by atoms with E-state index >= 15 is 0 Å². The number of nitrogens with one attached hydrogen (secondary N) is 1. The molecule has 1 aromatic carbocycles. The van der Waals surface area contributed by atoms with Gasteiger partial charge >= 0.3 is 0 Å². The predicted octanol–water partition coefficient (Wildman–Crippen LogP) is 2.31. The van der Waals surface area contributed by atoms with Gasteiger partial charge in [-0.15, -0.1) is 11.3 Å². The SMILES string of the molecule is Cc1c(C=NNC(=O)c2cccs2)c(=O)n(-c2ccccc2)n1C. The molecule has 1 amide bonds. The molecule has 3 rings (SSSR count). The Morgan fingerprint density at radius 2 is 1.96 bits per heavy atom. The van der Waals surface area contributed by atoms with Crippen LogP contribution in [0.25, 0.3) is 5.69 Å². The van der Waals surface area contributed by atoms with Crippen LogP contribution in [0.3, 0.4) is 0 Å². The summed E-state index contributed by atoms with van der Waals surface area (Å²) in [5.74, 6) is -0.293. The number of amides is 1. The zero-order valence-corrected chi connectivity index (χ0v) is 14.1. The molecular weight excluding hydrogens is 324 g/mol. The molecule has 0 saturated carbocycles. The van der Waals surface area contributed by atoms with Gasteiger partial charge in [-0.1, -0.05) is 24.3 Å². The van der Waals surface area contributed by atoms with E-state index in [9.17, 15) is 9.59 Å². The van der Waals surface area contributed by atoms with Gasteiger partial charge in [0.2, 0.25) is 0 Å². The van der Waals surface area contributed by atoms with Crippen LogP contribution in [0.2, 0.25) is 0 Å². The van der Waals surface area contributed by atoms with Crippen LogP contribution in [0, 0.1) is 6.92 Å². The molecule has 3 aromatic rings. The first-order chi connectivity index (χ1) is 11.6. The lowest BCUT2D eigenvalue weighted by molar-refractivity contribution is 0.0959. The van der Waals surface area contributed by atoms with Crippen LogP contribution < -0.4 is 11.0 Å². The maximum atomic E-state index is 12.7. The van der Waals surface area contributed by atoms with Crippen LogP contribution in [0.1, 0.15) is 20.9 Å². The normalized spacial score (nSPS) is 11.1. The van der Waals surface area contributed by atoms with Gasteiger partial charge in [0.25, 0.3) is 11.5 Å². The van der Waals surface area contributed by atoms with Crippen molar-refractivity contribution >= 4 is 23.5 Å². The molecule has 122 valence electrons. The van der Waals surface area contributed by atoms with Crippen LogP contribution in [-0.2, 0) is 7.05 Å². The van der Waals surface area contributed by atoms with Crippen molar-refractivity contribution in [2.45, 2.75) is 6.92 Å². The molecule has 0 fully saturated rings. The Morgan fingerprint density at radius 3 is 2.62 bits per heavy atom. The van der Waals surface area contributed by atoms with Gasteiger partial charge in [0.15, 0.2) is 0 Å². The number of nitrogens with zero attached hydrogens (tertiary/aromatic N) is 3. The first-order valence-electron chi connectivity index (χ1n) is 7.30. The molecule has 24 heavy (non-hydrogen) atoms. The number of benzene rings is 1. The highest BCUT2D eigenvalue weighted by Gasteiger charge is 2.14. The van der Waals surface area contributed by atoms with Crippen molar-refractivity contribution in [3.8, 4) is 5.69 Å². The summed E-state index contributed by atoms with van der Waals surface area (Å²) >= 11 is 1.33. The number of hydrogen-bond acceptors (Lipinski definition) is 4. The number of carbonyl (C=O) groups is 1. The third-order valence-electron chi connectivity index (χ3n) is 3.70. The minimum Gasteiger partial charge on any atom is -0.285 e. The number of rotatable bonds is 4. The summed E-state index contributed by atoms with van der Waals surface area (Å²) in [5, 5.41) is 5.74. The zero-order valence-electron chi connectivity index (χ0n) is 13.3. The van der Waals surface area contributed by atoms with Crippen LogP contribution in [0.4, 0.5) is 0 Å². The maximum Gasteiger partial charge on any atom is 0.281 e. The van der Waals surface area contributed by atoms with Crippen molar-refractivity contribution < 1.29 is 4.79 Å². The molecule has 0 radical (unpaired) electrons. The summed E-state index contributed by atoms with van der Waals surface area (Å²) in [7, 11) is 1.81. The van der Waals surface area contributed by atoms with E-state index in [2.05, 4.69) is 10.5 Å². The second kappa shape index (κ2) is 6.67. The van der Waals surface area contributed by atoms with Crippen molar-refractivity contribution in [1.29, 1.82) is 0 Å².